The minimum Gasteiger partial charge on any atom is -0.497 e. The van der Waals surface area contributed by atoms with Crippen LogP contribution >= 0.6 is 0 Å². The standard InChI is InChI=1S/C12H12N2O2/c1-16-12-4-2-3-10(5-12)6-14-7-11(8-15)13-9-14/h2-5,7-9H,6H2,1H3. The molecule has 1 heterocycles. The van der Waals surface area contributed by atoms with E-state index in [4.69, 9.17) is 4.74 Å². The van der Waals surface area contributed by atoms with E-state index in [1.165, 1.54) is 0 Å². The molecule has 0 saturated heterocycles. The average molecular weight is 216 g/mol. The van der Waals surface area contributed by atoms with Crippen LogP contribution in [-0.2, 0) is 6.54 Å². The van der Waals surface area contributed by atoms with Gasteiger partial charge in [0, 0.05) is 12.7 Å². The number of carbonyl (C=O) groups excluding carboxylic acids is 1. The Kier molecular flexibility index (Phi) is 3.00. The Morgan fingerprint density at radius 2 is 2.38 bits per heavy atom. The first-order chi connectivity index (χ1) is 7.81. The maximum atomic E-state index is 10.5. The Morgan fingerprint density at radius 3 is 3.06 bits per heavy atom. The van der Waals surface area contributed by atoms with E-state index in [-0.39, 0.29) is 0 Å². The van der Waals surface area contributed by atoms with Gasteiger partial charge in [-0.3, -0.25) is 4.79 Å². The second-order valence-electron chi connectivity index (χ2n) is 3.44. The number of carbonyl (C=O) groups is 1. The van der Waals surface area contributed by atoms with Crippen LogP contribution in [0.5, 0.6) is 5.75 Å². The molecule has 0 aliphatic rings. The highest BCUT2D eigenvalue weighted by Gasteiger charge is 1.99. The molecule has 0 amide bonds. The lowest BCUT2D eigenvalue weighted by Crippen LogP contribution is -1.96. The van der Waals surface area contributed by atoms with Crippen LogP contribution in [0.2, 0.25) is 0 Å². The van der Waals surface area contributed by atoms with Gasteiger partial charge in [-0.25, -0.2) is 4.98 Å². The number of hydrogen-bond donors (Lipinski definition) is 0. The predicted molar refractivity (Wildman–Crippen MR) is 59.7 cm³/mol. The molecule has 2 aromatic rings. The van der Waals surface area contributed by atoms with Gasteiger partial charge in [-0.2, -0.15) is 0 Å². The van der Waals surface area contributed by atoms with E-state index in [2.05, 4.69) is 4.98 Å². The van der Waals surface area contributed by atoms with Gasteiger partial charge >= 0.3 is 0 Å². The van der Waals surface area contributed by atoms with Crippen LogP contribution in [0.4, 0.5) is 0 Å². The van der Waals surface area contributed by atoms with Crippen LogP contribution in [0.1, 0.15) is 16.1 Å². The van der Waals surface area contributed by atoms with Gasteiger partial charge in [0.2, 0.25) is 0 Å². The van der Waals surface area contributed by atoms with Crippen molar-refractivity contribution in [3.63, 3.8) is 0 Å². The molecule has 0 unspecified atom stereocenters. The van der Waals surface area contributed by atoms with Crippen LogP contribution in [0, 0.1) is 0 Å². The van der Waals surface area contributed by atoms with Crippen LogP contribution in [0.25, 0.3) is 0 Å². The Balaban J connectivity index is 2.16. The molecule has 82 valence electrons. The first-order valence-electron chi connectivity index (χ1n) is 4.91. The van der Waals surface area contributed by atoms with Crippen LogP contribution < -0.4 is 4.74 Å². The van der Waals surface area contributed by atoms with E-state index in [1.807, 2.05) is 28.8 Å². The van der Waals surface area contributed by atoms with Crippen molar-refractivity contribution in [3.8, 4) is 5.75 Å². The molecule has 0 N–H and O–H groups in total. The third-order valence-electron chi connectivity index (χ3n) is 2.27. The Bertz CT molecular complexity index is 491. The Morgan fingerprint density at radius 1 is 1.50 bits per heavy atom. The average Bonchev–Trinajstić information content (AvgIpc) is 2.77. The van der Waals surface area contributed by atoms with E-state index in [0.717, 1.165) is 17.6 Å². The smallest absolute Gasteiger partial charge is 0.169 e. The van der Waals surface area contributed by atoms with E-state index >= 15 is 0 Å². The number of methoxy groups -OCH3 is 1. The molecular formula is C12H12N2O2. The molecule has 0 aliphatic carbocycles. The zero-order valence-corrected chi connectivity index (χ0v) is 8.96. The SMILES string of the molecule is COc1cccc(Cn2cnc(C=O)c2)c1. The summed E-state index contributed by atoms with van der Waals surface area (Å²) >= 11 is 0. The minimum absolute atomic E-state index is 0.447. The lowest BCUT2D eigenvalue weighted by molar-refractivity contribution is 0.111. The second kappa shape index (κ2) is 4.61. The summed E-state index contributed by atoms with van der Waals surface area (Å²) in [5, 5.41) is 0. The number of aldehydes is 1. The molecule has 4 nitrogen and oxygen atoms in total. The van der Waals surface area contributed by atoms with E-state index in [0.29, 0.717) is 12.2 Å². The van der Waals surface area contributed by atoms with Gasteiger partial charge in [0.25, 0.3) is 0 Å². The number of ether oxygens (including phenoxy) is 1. The summed E-state index contributed by atoms with van der Waals surface area (Å²) in [7, 11) is 1.64. The first kappa shape index (κ1) is 10.4. The topological polar surface area (TPSA) is 44.1 Å². The van der Waals surface area contributed by atoms with E-state index in [9.17, 15) is 4.79 Å². The van der Waals surface area contributed by atoms with Gasteiger partial charge in [-0.15, -0.1) is 0 Å². The lowest BCUT2D eigenvalue weighted by Gasteiger charge is -2.04. The van der Waals surface area contributed by atoms with Crippen molar-refractivity contribution < 1.29 is 9.53 Å². The summed E-state index contributed by atoms with van der Waals surface area (Å²) < 4.78 is 7.00. The van der Waals surface area contributed by atoms with Crippen molar-refractivity contribution in [2.75, 3.05) is 7.11 Å². The van der Waals surface area contributed by atoms with Gasteiger partial charge in [-0.05, 0) is 17.7 Å². The summed E-state index contributed by atoms with van der Waals surface area (Å²) in [4.78, 5) is 14.4. The summed E-state index contributed by atoms with van der Waals surface area (Å²) in [5.41, 5.74) is 1.55. The first-order valence-corrected chi connectivity index (χ1v) is 4.91. The second-order valence-corrected chi connectivity index (χ2v) is 3.44. The molecule has 0 bridgehead atoms. The molecule has 0 saturated carbocycles. The summed E-state index contributed by atoms with van der Waals surface area (Å²) in [5.74, 6) is 0.827. The van der Waals surface area contributed by atoms with Gasteiger partial charge in [0.15, 0.2) is 6.29 Å². The number of hydrogen-bond acceptors (Lipinski definition) is 3. The van der Waals surface area contributed by atoms with Crippen molar-refractivity contribution in [1.29, 1.82) is 0 Å². The monoisotopic (exact) mass is 216 g/mol. The molecule has 0 atom stereocenters. The largest absolute Gasteiger partial charge is 0.497 e. The molecule has 0 fully saturated rings. The maximum absolute atomic E-state index is 10.5. The van der Waals surface area contributed by atoms with E-state index < -0.39 is 0 Å². The zero-order chi connectivity index (χ0) is 11.4. The van der Waals surface area contributed by atoms with Crippen molar-refractivity contribution in [2.24, 2.45) is 0 Å². The highest BCUT2D eigenvalue weighted by molar-refractivity contribution is 5.70. The van der Waals surface area contributed by atoms with Crippen LogP contribution in [0.15, 0.2) is 36.8 Å². The fourth-order valence-electron chi connectivity index (χ4n) is 1.51. The lowest BCUT2D eigenvalue weighted by atomic mass is 10.2. The summed E-state index contributed by atoms with van der Waals surface area (Å²) in [6.07, 6.45) is 4.10. The van der Waals surface area contributed by atoms with Crippen molar-refractivity contribution in [3.05, 3.63) is 48.0 Å². The van der Waals surface area contributed by atoms with Crippen LogP contribution in [-0.4, -0.2) is 22.9 Å². The predicted octanol–water partition coefficient (Wildman–Crippen LogP) is 1.75. The fraction of sp³-hybridized carbons (Fsp3) is 0.167. The summed E-state index contributed by atoms with van der Waals surface area (Å²) in [6, 6.07) is 7.80. The highest BCUT2D eigenvalue weighted by atomic mass is 16.5. The minimum atomic E-state index is 0.447. The number of aromatic nitrogens is 2. The molecule has 1 aromatic heterocycles. The maximum Gasteiger partial charge on any atom is 0.169 e. The number of rotatable bonds is 4. The number of nitrogens with zero attached hydrogens (tertiary/aromatic N) is 2. The number of imidazole rings is 1. The molecule has 0 radical (unpaired) electrons. The third kappa shape index (κ3) is 2.28. The fourth-order valence-corrected chi connectivity index (χ4v) is 1.51. The Labute approximate surface area is 93.5 Å². The molecule has 1 aromatic carbocycles. The molecular weight excluding hydrogens is 204 g/mol. The van der Waals surface area contributed by atoms with Gasteiger partial charge < -0.3 is 9.30 Å². The quantitative estimate of drug-likeness (QED) is 0.731. The van der Waals surface area contributed by atoms with Gasteiger partial charge in [-0.1, -0.05) is 12.1 Å². The molecule has 2 rings (SSSR count). The number of benzene rings is 1. The van der Waals surface area contributed by atoms with Crippen LogP contribution in [0.3, 0.4) is 0 Å². The Hall–Kier alpha value is -2.10. The van der Waals surface area contributed by atoms with Crippen molar-refractivity contribution in [1.82, 2.24) is 9.55 Å². The molecule has 0 aliphatic heterocycles. The molecule has 0 spiro atoms. The normalized spacial score (nSPS) is 10.1. The van der Waals surface area contributed by atoms with Crippen molar-refractivity contribution in [2.45, 2.75) is 6.54 Å². The van der Waals surface area contributed by atoms with Gasteiger partial charge in [0.05, 0.1) is 13.4 Å². The zero-order valence-electron chi connectivity index (χ0n) is 8.96. The highest BCUT2D eigenvalue weighted by Crippen LogP contribution is 2.13. The van der Waals surface area contributed by atoms with E-state index in [1.54, 1.807) is 19.6 Å². The molecule has 4 heteroatoms. The molecule has 16 heavy (non-hydrogen) atoms. The summed E-state index contributed by atoms with van der Waals surface area (Å²) in [6.45, 7) is 0.679. The third-order valence-corrected chi connectivity index (χ3v) is 2.27. The van der Waals surface area contributed by atoms with Crippen molar-refractivity contribution >= 4 is 6.29 Å². The van der Waals surface area contributed by atoms with Gasteiger partial charge in [0.1, 0.15) is 11.4 Å².